The summed E-state index contributed by atoms with van der Waals surface area (Å²) in [6, 6.07) is 13.7. The van der Waals surface area contributed by atoms with Gasteiger partial charge in [0.05, 0.1) is 13.7 Å². The quantitative estimate of drug-likeness (QED) is 0.764. The third-order valence-electron chi connectivity index (χ3n) is 4.54. The van der Waals surface area contributed by atoms with Gasteiger partial charge in [-0.3, -0.25) is 4.79 Å². The van der Waals surface area contributed by atoms with E-state index in [0.717, 1.165) is 32.2 Å². The van der Waals surface area contributed by atoms with E-state index in [4.69, 9.17) is 9.47 Å². The van der Waals surface area contributed by atoms with Gasteiger partial charge in [-0.2, -0.15) is 0 Å². The summed E-state index contributed by atoms with van der Waals surface area (Å²) in [6.45, 7) is 1.41. The largest absolute Gasteiger partial charge is 0.480 e. The number of aryl methyl sites for hydroxylation is 1. The topological polar surface area (TPSA) is 64.6 Å². The van der Waals surface area contributed by atoms with Crippen molar-refractivity contribution in [1.82, 2.24) is 15.1 Å². The molecule has 1 aromatic heterocycles. The van der Waals surface area contributed by atoms with Crippen LogP contribution in [0.3, 0.4) is 0 Å². The van der Waals surface area contributed by atoms with Crippen LogP contribution in [-0.2, 0) is 11.2 Å². The average Bonchev–Trinajstić information content (AvgIpc) is 2.69. The van der Waals surface area contributed by atoms with Gasteiger partial charge < -0.3 is 14.4 Å². The van der Waals surface area contributed by atoms with Gasteiger partial charge in [0.2, 0.25) is 17.7 Å². The molecule has 1 fully saturated rings. The molecule has 1 aliphatic heterocycles. The van der Waals surface area contributed by atoms with E-state index in [1.54, 1.807) is 19.2 Å². The van der Waals surface area contributed by atoms with E-state index in [1.807, 2.05) is 23.1 Å². The van der Waals surface area contributed by atoms with Crippen molar-refractivity contribution >= 4 is 5.91 Å². The normalized spacial score (nSPS) is 17.0. The first-order valence-corrected chi connectivity index (χ1v) is 9.10. The minimum atomic E-state index is -0.0375. The molecule has 1 aromatic carbocycles. The van der Waals surface area contributed by atoms with Crippen LogP contribution in [0.15, 0.2) is 42.5 Å². The first-order chi connectivity index (χ1) is 12.7. The molecule has 1 aliphatic rings. The van der Waals surface area contributed by atoms with Crippen molar-refractivity contribution in [2.75, 3.05) is 20.2 Å². The summed E-state index contributed by atoms with van der Waals surface area (Å²) in [6.07, 6.45) is 4.20. The number of likely N-dealkylation sites (tertiary alicyclic amines) is 1. The SMILES string of the molecule is COc1ccc(OC2CCCN(C(=O)CCCc3ccccc3)C2)nn1. The minimum absolute atomic E-state index is 0.0375. The summed E-state index contributed by atoms with van der Waals surface area (Å²) < 4.78 is 10.9. The summed E-state index contributed by atoms with van der Waals surface area (Å²) in [4.78, 5) is 14.4. The van der Waals surface area contributed by atoms with E-state index in [0.29, 0.717) is 24.7 Å². The molecule has 0 spiro atoms. The predicted molar refractivity (Wildman–Crippen MR) is 98.2 cm³/mol. The first-order valence-electron chi connectivity index (χ1n) is 9.10. The maximum Gasteiger partial charge on any atom is 0.233 e. The molecule has 2 heterocycles. The fourth-order valence-electron chi connectivity index (χ4n) is 3.16. The number of benzene rings is 1. The molecule has 1 amide bonds. The van der Waals surface area contributed by atoms with Gasteiger partial charge in [0.25, 0.3) is 0 Å². The van der Waals surface area contributed by atoms with E-state index in [9.17, 15) is 4.79 Å². The Balaban J connectivity index is 1.45. The van der Waals surface area contributed by atoms with Gasteiger partial charge in [-0.25, -0.2) is 0 Å². The molecule has 0 N–H and O–H groups in total. The maximum absolute atomic E-state index is 12.5. The van der Waals surface area contributed by atoms with Crippen LogP contribution < -0.4 is 9.47 Å². The molecule has 0 saturated carbocycles. The molecule has 0 bridgehead atoms. The molecule has 6 heteroatoms. The molecule has 2 aromatic rings. The molecular formula is C20H25N3O3. The number of rotatable bonds is 7. The Bertz CT molecular complexity index is 691. The van der Waals surface area contributed by atoms with E-state index < -0.39 is 0 Å². The van der Waals surface area contributed by atoms with Crippen molar-refractivity contribution in [3.05, 3.63) is 48.0 Å². The second-order valence-corrected chi connectivity index (χ2v) is 6.47. The maximum atomic E-state index is 12.5. The highest BCUT2D eigenvalue weighted by atomic mass is 16.5. The molecule has 1 unspecified atom stereocenters. The third kappa shape index (κ3) is 5.18. The van der Waals surface area contributed by atoms with Crippen LogP contribution in [0, 0.1) is 0 Å². The smallest absolute Gasteiger partial charge is 0.233 e. The standard InChI is InChI=1S/C20H25N3O3/c1-25-18-12-13-19(22-21-18)26-17-10-6-14-23(15-17)20(24)11-5-9-16-7-3-2-4-8-16/h2-4,7-8,12-13,17H,5-6,9-11,14-15H2,1H3. The number of hydrogen-bond donors (Lipinski definition) is 0. The zero-order chi connectivity index (χ0) is 18.2. The molecule has 0 radical (unpaired) electrons. The van der Waals surface area contributed by atoms with Crippen molar-refractivity contribution in [3.63, 3.8) is 0 Å². The van der Waals surface area contributed by atoms with Crippen molar-refractivity contribution in [2.24, 2.45) is 0 Å². The number of amides is 1. The number of carbonyl (C=O) groups excluding carboxylic acids is 1. The Morgan fingerprint density at radius 2 is 1.92 bits per heavy atom. The lowest BCUT2D eigenvalue weighted by atomic mass is 10.1. The number of carbonyl (C=O) groups is 1. The highest BCUT2D eigenvalue weighted by Crippen LogP contribution is 2.18. The zero-order valence-corrected chi connectivity index (χ0v) is 15.1. The van der Waals surface area contributed by atoms with Crippen LogP contribution in [0.4, 0.5) is 0 Å². The van der Waals surface area contributed by atoms with Crippen molar-refractivity contribution < 1.29 is 14.3 Å². The van der Waals surface area contributed by atoms with Crippen LogP contribution in [0.2, 0.25) is 0 Å². The lowest BCUT2D eigenvalue weighted by molar-refractivity contribution is -0.133. The third-order valence-corrected chi connectivity index (χ3v) is 4.54. The van der Waals surface area contributed by atoms with E-state index >= 15 is 0 Å². The molecule has 0 aliphatic carbocycles. The Kier molecular flexibility index (Phi) is 6.41. The summed E-state index contributed by atoms with van der Waals surface area (Å²) in [5.41, 5.74) is 1.28. The summed E-state index contributed by atoms with van der Waals surface area (Å²) in [7, 11) is 1.55. The molecule has 1 atom stereocenters. The van der Waals surface area contributed by atoms with Crippen LogP contribution >= 0.6 is 0 Å². The van der Waals surface area contributed by atoms with Crippen molar-refractivity contribution in [1.29, 1.82) is 0 Å². The number of piperidine rings is 1. The number of aromatic nitrogens is 2. The number of methoxy groups -OCH3 is 1. The van der Waals surface area contributed by atoms with Gasteiger partial charge in [-0.1, -0.05) is 30.3 Å². The van der Waals surface area contributed by atoms with Gasteiger partial charge in [0.1, 0.15) is 6.10 Å². The van der Waals surface area contributed by atoms with Crippen molar-refractivity contribution in [2.45, 2.75) is 38.2 Å². The minimum Gasteiger partial charge on any atom is -0.480 e. The van der Waals surface area contributed by atoms with Gasteiger partial charge in [0.15, 0.2) is 0 Å². The summed E-state index contributed by atoms with van der Waals surface area (Å²) in [5.74, 6) is 1.13. The Morgan fingerprint density at radius 3 is 2.65 bits per heavy atom. The molecule has 26 heavy (non-hydrogen) atoms. The van der Waals surface area contributed by atoms with Crippen LogP contribution in [-0.4, -0.2) is 47.3 Å². The van der Waals surface area contributed by atoms with E-state index in [2.05, 4.69) is 22.3 Å². The Labute approximate surface area is 154 Å². The summed E-state index contributed by atoms with van der Waals surface area (Å²) in [5, 5.41) is 7.90. The monoisotopic (exact) mass is 355 g/mol. The second kappa shape index (κ2) is 9.17. The molecule has 138 valence electrons. The molecule has 3 rings (SSSR count). The predicted octanol–water partition coefficient (Wildman–Crippen LogP) is 2.88. The Hall–Kier alpha value is -2.63. The highest BCUT2D eigenvalue weighted by Gasteiger charge is 2.25. The van der Waals surface area contributed by atoms with Gasteiger partial charge >= 0.3 is 0 Å². The average molecular weight is 355 g/mol. The number of hydrogen-bond acceptors (Lipinski definition) is 5. The summed E-state index contributed by atoms with van der Waals surface area (Å²) >= 11 is 0. The lowest BCUT2D eigenvalue weighted by Crippen LogP contribution is -2.44. The second-order valence-electron chi connectivity index (χ2n) is 6.47. The zero-order valence-electron chi connectivity index (χ0n) is 15.1. The first kappa shape index (κ1) is 18.2. The van der Waals surface area contributed by atoms with Crippen LogP contribution in [0.25, 0.3) is 0 Å². The van der Waals surface area contributed by atoms with E-state index in [1.165, 1.54) is 5.56 Å². The fourth-order valence-corrected chi connectivity index (χ4v) is 3.16. The highest BCUT2D eigenvalue weighted by molar-refractivity contribution is 5.76. The van der Waals surface area contributed by atoms with Gasteiger partial charge in [-0.15, -0.1) is 10.2 Å². The van der Waals surface area contributed by atoms with Crippen molar-refractivity contribution in [3.8, 4) is 11.8 Å². The van der Waals surface area contributed by atoms with Crippen LogP contribution in [0.1, 0.15) is 31.2 Å². The molecular weight excluding hydrogens is 330 g/mol. The Morgan fingerprint density at radius 1 is 1.15 bits per heavy atom. The number of nitrogens with zero attached hydrogens (tertiary/aromatic N) is 3. The molecule has 1 saturated heterocycles. The van der Waals surface area contributed by atoms with Gasteiger partial charge in [0, 0.05) is 25.1 Å². The van der Waals surface area contributed by atoms with Crippen LogP contribution in [0.5, 0.6) is 11.8 Å². The number of ether oxygens (including phenoxy) is 2. The molecule has 6 nitrogen and oxygen atoms in total. The fraction of sp³-hybridized carbons (Fsp3) is 0.450. The van der Waals surface area contributed by atoms with Gasteiger partial charge in [-0.05, 0) is 31.2 Å². The van der Waals surface area contributed by atoms with E-state index in [-0.39, 0.29) is 12.0 Å². The lowest BCUT2D eigenvalue weighted by Gasteiger charge is -2.32.